The van der Waals surface area contributed by atoms with E-state index in [1.165, 1.54) is 0 Å². The number of hydrogen-bond acceptors (Lipinski definition) is 2. The minimum absolute atomic E-state index is 0.0743. The van der Waals surface area contributed by atoms with Crippen LogP contribution in [0.3, 0.4) is 0 Å². The number of hydrogen-bond donors (Lipinski definition) is 0. The summed E-state index contributed by atoms with van der Waals surface area (Å²) in [7, 11) is -3.74. The van der Waals surface area contributed by atoms with Gasteiger partial charge in [0.05, 0.1) is 10.9 Å². The lowest BCUT2D eigenvalue weighted by molar-refractivity contribution is 0.311. The number of sulfonamides is 1. The molecule has 0 amide bonds. The third-order valence-corrected chi connectivity index (χ3v) is 7.38. The Labute approximate surface area is 182 Å². The van der Waals surface area contributed by atoms with Crippen molar-refractivity contribution in [1.82, 2.24) is 4.31 Å². The molecule has 2 rings (SSSR count). The van der Waals surface area contributed by atoms with Gasteiger partial charge >= 0.3 is 0 Å². The number of rotatable bonds is 8. The first-order valence-corrected chi connectivity index (χ1v) is 11.7. The van der Waals surface area contributed by atoms with E-state index in [9.17, 15) is 8.42 Å². The van der Waals surface area contributed by atoms with Crippen LogP contribution in [0.15, 0.2) is 71.3 Å². The van der Waals surface area contributed by atoms with Crippen LogP contribution in [0.4, 0.5) is 0 Å². The highest BCUT2D eigenvalue weighted by Crippen LogP contribution is 2.30. The molecule has 0 saturated carbocycles. The Hall–Kier alpha value is -2.39. The SMILES string of the molecule is C=C=C(C)[C@H](C(C)C)N(C/C=C/c1ccccc1)S(=O)(=O)c1c(C)cc(C)cc1C. The van der Waals surface area contributed by atoms with Crippen LogP contribution in [0.25, 0.3) is 6.08 Å². The van der Waals surface area contributed by atoms with Crippen molar-refractivity contribution in [3.8, 4) is 0 Å². The van der Waals surface area contributed by atoms with E-state index in [0.717, 1.165) is 27.8 Å². The van der Waals surface area contributed by atoms with Gasteiger partial charge in [-0.3, -0.25) is 0 Å². The second kappa shape index (κ2) is 10.1. The molecule has 0 aliphatic heterocycles. The molecule has 160 valence electrons. The molecule has 0 aliphatic rings. The van der Waals surface area contributed by atoms with Crippen LogP contribution >= 0.6 is 0 Å². The highest BCUT2D eigenvalue weighted by atomic mass is 32.2. The Morgan fingerprint density at radius 3 is 2.17 bits per heavy atom. The molecule has 0 unspecified atom stereocenters. The molecular weight excluding hydrogens is 390 g/mol. The Morgan fingerprint density at radius 1 is 1.10 bits per heavy atom. The van der Waals surface area contributed by atoms with Crippen LogP contribution < -0.4 is 0 Å². The summed E-state index contributed by atoms with van der Waals surface area (Å²) >= 11 is 0. The molecule has 2 aromatic carbocycles. The third kappa shape index (κ3) is 5.40. The fraction of sp³-hybridized carbons (Fsp3) is 0.346. The van der Waals surface area contributed by atoms with Crippen molar-refractivity contribution < 1.29 is 8.42 Å². The van der Waals surface area contributed by atoms with Crippen LogP contribution in [0, 0.1) is 26.7 Å². The molecule has 0 radical (unpaired) electrons. The molecule has 3 nitrogen and oxygen atoms in total. The minimum Gasteiger partial charge on any atom is -0.207 e. The van der Waals surface area contributed by atoms with Crippen molar-refractivity contribution in [1.29, 1.82) is 0 Å². The van der Waals surface area contributed by atoms with E-state index >= 15 is 0 Å². The predicted molar refractivity (Wildman–Crippen MR) is 127 cm³/mol. The Balaban J connectivity index is 2.59. The maximum Gasteiger partial charge on any atom is 0.244 e. The average molecular weight is 424 g/mol. The van der Waals surface area contributed by atoms with E-state index in [1.54, 1.807) is 4.31 Å². The molecule has 0 fully saturated rings. The minimum atomic E-state index is -3.74. The van der Waals surface area contributed by atoms with Crippen LogP contribution in [0.5, 0.6) is 0 Å². The Morgan fingerprint density at radius 2 is 1.67 bits per heavy atom. The molecule has 0 N–H and O–H groups in total. The number of aryl methyl sites for hydroxylation is 3. The number of benzene rings is 2. The lowest BCUT2D eigenvalue weighted by Crippen LogP contribution is -2.44. The zero-order valence-electron chi connectivity index (χ0n) is 18.9. The van der Waals surface area contributed by atoms with Gasteiger partial charge in [-0.25, -0.2) is 8.42 Å². The van der Waals surface area contributed by atoms with E-state index in [4.69, 9.17) is 0 Å². The summed E-state index contributed by atoms with van der Waals surface area (Å²) in [5.74, 6) is 0.0743. The molecule has 0 saturated heterocycles. The average Bonchev–Trinajstić information content (AvgIpc) is 2.66. The molecule has 0 aromatic heterocycles. The molecule has 1 atom stereocenters. The predicted octanol–water partition coefficient (Wildman–Crippen LogP) is 6.07. The maximum absolute atomic E-state index is 13.9. The lowest BCUT2D eigenvalue weighted by Gasteiger charge is -2.34. The summed E-state index contributed by atoms with van der Waals surface area (Å²) in [6.45, 7) is 15.7. The van der Waals surface area contributed by atoms with Gasteiger partial charge in [0.1, 0.15) is 0 Å². The van der Waals surface area contributed by atoms with E-state index in [1.807, 2.05) is 96.2 Å². The van der Waals surface area contributed by atoms with Crippen LogP contribution in [-0.4, -0.2) is 25.3 Å². The molecule has 30 heavy (non-hydrogen) atoms. The first-order valence-electron chi connectivity index (χ1n) is 10.3. The molecule has 0 bridgehead atoms. The lowest BCUT2D eigenvalue weighted by atomic mass is 9.97. The highest BCUT2D eigenvalue weighted by molar-refractivity contribution is 7.89. The van der Waals surface area contributed by atoms with Gasteiger partial charge in [0.2, 0.25) is 10.0 Å². The maximum atomic E-state index is 13.9. The fourth-order valence-electron chi connectivity index (χ4n) is 4.06. The summed E-state index contributed by atoms with van der Waals surface area (Å²) in [6, 6.07) is 13.4. The summed E-state index contributed by atoms with van der Waals surface area (Å²) in [6.07, 6.45) is 3.87. The van der Waals surface area contributed by atoms with E-state index in [-0.39, 0.29) is 18.5 Å². The zero-order valence-corrected chi connectivity index (χ0v) is 19.8. The van der Waals surface area contributed by atoms with Crippen LogP contribution in [-0.2, 0) is 10.0 Å². The van der Waals surface area contributed by atoms with Crippen LogP contribution in [0.1, 0.15) is 43.0 Å². The largest absolute Gasteiger partial charge is 0.244 e. The van der Waals surface area contributed by atoms with Gasteiger partial charge in [-0.15, -0.1) is 5.73 Å². The van der Waals surface area contributed by atoms with Crippen molar-refractivity contribution in [3.63, 3.8) is 0 Å². The van der Waals surface area contributed by atoms with Crippen molar-refractivity contribution in [2.45, 2.75) is 52.5 Å². The summed E-state index contributed by atoms with van der Waals surface area (Å²) in [4.78, 5) is 0.392. The van der Waals surface area contributed by atoms with Crippen molar-refractivity contribution in [3.05, 3.63) is 88.7 Å². The molecular formula is C26H33NO2S. The topological polar surface area (TPSA) is 37.4 Å². The summed E-state index contributed by atoms with van der Waals surface area (Å²) in [5.41, 5.74) is 7.39. The van der Waals surface area contributed by atoms with Gasteiger partial charge in [0.15, 0.2) is 0 Å². The first-order chi connectivity index (χ1) is 14.1. The summed E-state index contributed by atoms with van der Waals surface area (Å²) in [5, 5.41) is 0. The monoisotopic (exact) mass is 423 g/mol. The van der Waals surface area contributed by atoms with Gasteiger partial charge in [-0.05, 0) is 55.9 Å². The van der Waals surface area contributed by atoms with Crippen molar-refractivity contribution in [2.24, 2.45) is 5.92 Å². The van der Waals surface area contributed by atoms with Gasteiger partial charge in [0, 0.05) is 6.54 Å². The van der Waals surface area contributed by atoms with Crippen LogP contribution in [0.2, 0.25) is 0 Å². The van der Waals surface area contributed by atoms with Gasteiger partial charge in [-0.1, -0.05) is 80.6 Å². The molecule has 0 aliphatic carbocycles. The Bertz CT molecular complexity index is 1040. The first kappa shape index (κ1) is 23.9. The van der Waals surface area contributed by atoms with Gasteiger partial charge in [-0.2, -0.15) is 4.31 Å². The van der Waals surface area contributed by atoms with Crippen molar-refractivity contribution >= 4 is 16.1 Å². The van der Waals surface area contributed by atoms with Gasteiger partial charge in [0.25, 0.3) is 0 Å². The Kier molecular flexibility index (Phi) is 8.03. The standard InChI is InChI=1S/C26H33NO2S/c1-8-21(5)25(19(2)3)27(16-12-15-24-13-10-9-11-14-24)30(28,29)26-22(6)17-20(4)18-23(26)7/h9-15,17-19,25H,1,16H2,2-7H3/b15-12+/t25-/m0/s1. The number of nitrogens with zero attached hydrogens (tertiary/aromatic N) is 1. The zero-order chi connectivity index (χ0) is 22.5. The normalized spacial score (nSPS) is 13.1. The van der Waals surface area contributed by atoms with E-state index in [0.29, 0.717) is 4.90 Å². The fourth-order valence-corrected chi connectivity index (χ4v) is 6.21. The second-order valence-corrected chi connectivity index (χ2v) is 9.99. The van der Waals surface area contributed by atoms with E-state index in [2.05, 4.69) is 12.3 Å². The van der Waals surface area contributed by atoms with E-state index < -0.39 is 10.0 Å². The molecule has 0 heterocycles. The smallest absolute Gasteiger partial charge is 0.207 e. The van der Waals surface area contributed by atoms with Crippen molar-refractivity contribution in [2.75, 3.05) is 6.54 Å². The van der Waals surface area contributed by atoms with Gasteiger partial charge < -0.3 is 0 Å². The molecule has 0 spiro atoms. The highest BCUT2D eigenvalue weighted by Gasteiger charge is 2.35. The molecule has 4 heteroatoms. The second-order valence-electron chi connectivity index (χ2n) is 8.16. The quantitative estimate of drug-likeness (QED) is 0.483. The summed E-state index contributed by atoms with van der Waals surface area (Å²) < 4.78 is 29.4. The third-order valence-electron chi connectivity index (χ3n) is 5.23. The molecule has 2 aromatic rings.